The van der Waals surface area contributed by atoms with Crippen molar-refractivity contribution in [3.05, 3.63) is 58.7 Å². The molecule has 0 radical (unpaired) electrons. The van der Waals surface area contributed by atoms with E-state index < -0.39 is 0 Å². The number of hydrogen-bond donors (Lipinski definition) is 1. The average Bonchev–Trinajstić information content (AvgIpc) is 2.52. The third kappa shape index (κ3) is 4.21. The van der Waals surface area contributed by atoms with Crippen LogP contribution in [-0.2, 0) is 6.54 Å². The summed E-state index contributed by atoms with van der Waals surface area (Å²) in [6.07, 6.45) is 2.31. The number of piperidine rings is 1. The number of aromatic nitrogens is 1. The number of pyridine rings is 1. The Kier molecular flexibility index (Phi) is 4.96. The second-order valence-electron chi connectivity index (χ2n) is 5.99. The van der Waals surface area contributed by atoms with E-state index in [2.05, 4.69) is 33.4 Å². The summed E-state index contributed by atoms with van der Waals surface area (Å²) in [5, 5.41) is 4.36. The van der Waals surface area contributed by atoms with Crippen LogP contribution in [0.1, 0.15) is 24.1 Å². The molecule has 1 aliphatic heterocycles. The highest BCUT2D eigenvalue weighted by Crippen LogP contribution is 2.18. The van der Waals surface area contributed by atoms with Gasteiger partial charge in [-0.2, -0.15) is 0 Å². The topological polar surface area (TPSA) is 28.2 Å². The molecule has 0 unspecified atom stereocenters. The number of benzene rings is 1. The van der Waals surface area contributed by atoms with Crippen LogP contribution in [0.15, 0.2) is 42.5 Å². The maximum absolute atomic E-state index is 5.93. The van der Waals surface area contributed by atoms with Crippen LogP contribution in [0.25, 0.3) is 0 Å². The fraction of sp³-hybridized carbons (Fsp3) is 0.389. The smallest absolute Gasteiger partial charge is 0.126 e. The van der Waals surface area contributed by atoms with Crippen molar-refractivity contribution in [3.63, 3.8) is 0 Å². The molecule has 0 atom stereocenters. The zero-order valence-electron chi connectivity index (χ0n) is 12.9. The monoisotopic (exact) mass is 315 g/mol. The van der Waals surface area contributed by atoms with Gasteiger partial charge in [-0.3, -0.25) is 4.90 Å². The number of nitrogens with zero attached hydrogens (tertiary/aromatic N) is 2. The van der Waals surface area contributed by atoms with Gasteiger partial charge < -0.3 is 5.32 Å². The van der Waals surface area contributed by atoms with Gasteiger partial charge in [-0.1, -0.05) is 29.8 Å². The average molecular weight is 316 g/mol. The normalized spacial score (nSPS) is 16.6. The quantitative estimate of drug-likeness (QED) is 0.920. The fourth-order valence-electron chi connectivity index (χ4n) is 2.92. The lowest BCUT2D eigenvalue weighted by Crippen LogP contribution is -2.38. The number of rotatable bonds is 4. The highest BCUT2D eigenvalue weighted by atomic mass is 35.5. The first-order valence-electron chi connectivity index (χ1n) is 7.86. The Morgan fingerprint density at radius 3 is 2.55 bits per heavy atom. The lowest BCUT2D eigenvalue weighted by Gasteiger charge is -2.32. The number of halogens is 1. The minimum atomic E-state index is 0.524. The maximum Gasteiger partial charge on any atom is 0.126 e. The van der Waals surface area contributed by atoms with Gasteiger partial charge in [0.1, 0.15) is 5.82 Å². The van der Waals surface area contributed by atoms with Crippen molar-refractivity contribution >= 4 is 17.4 Å². The molecule has 116 valence electrons. The summed E-state index contributed by atoms with van der Waals surface area (Å²) in [6, 6.07) is 14.8. The van der Waals surface area contributed by atoms with Crippen molar-refractivity contribution in [1.29, 1.82) is 0 Å². The van der Waals surface area contributed by atoms with Crippen molar-refractivity contribution in [2.45, 2.75) is 32.4 Å². The zero-order chi connectivity index (χ0) is 15.4. The van der Waals surface area contributed by atoms with E-state index >= 15 is 0 Å². The van der Waals surface area contributed by atoms with E-state index in [9.17, 15) is 0 Å². The summed E-state index contributed by atoms with van der Waals surface area (Å²) in [4.78, 5) is 7.03. The summed E-state index contributed by atoms with van der Waals surface area (Å²) in [5.74, 6) is 0.996. The van der Waals surface area contributed by atoms with E-state index in [1.165, 1.54) is 5.56 Å². The molecular weight excluding hydrogens is 294 g/mol. The Bertz CT molecular complexity index is 604. The molecule has 3 rings (SSSR count). The van der Waals surface area contributed by atoms with Crippen molar-refractivity contribution in [3.8, 4) is 0 Å². The molecular formula is C18H22ClN3. The van der Waals surface area contributed by atoms with Crippen molar-refractivity contribution in [1.82, 2.24) is 9.88 Å². The van der Waals surface area contributed by atoms with E-state index in [0.717, 1.165) is 49.0 Å². The van der Waals surface area contributed by atoms with Gasteiger partial charge in [-0.15, -0.1) is 0 Å². The molecule has 0 amide bonds. The molecule has 2 heterocycles. The molecule has 1 fully saturated rings. The van der Waals surface area contributed by atoms with Gasteiger partial charge in [-0.25, -0.2) is 4.98 Å². The van der Waals surface area contributed by atoms with Crippen LogP contribution in [0.5, 0.6) is 0 Å². The molecule has 1 aliphatic rings. The maximum atomic E-state index is 5.93. The van der Waals surface area contributed by atoms with Gasteiger partial charge in [0.15, 0.2) is 0 Å². The molecule has 0 spiro atoms. The van der Waals surface area contributed by atoms with Gasteiger partial charge in [0, 0.05) is 36.4 Å². The molecule has 1 N–H and O–H groups in total. The summed E-state index contributed by atoms with van der Waals surface area (Å²) < 4.78 is 0. The first-order chi connectivity index (χ1) is 10.7. The minimum absolute atomic E-state index is 0.524. The van der Waals surface area contributed by atoms with E-state index in [0.29, 0.717) is 6.04 Å². The standard InChI is InChI=1S/C18H22ClN3/c1-14-3-2-4-18(20-14)21-17-9-11-22(12-10-17)13-15-5-7-16(19)8-6-15/h2-8,17H,9-13H2,1H3,(H,20,21). The minimum Gasteiger partial charge on any atom is -0.367 e. The molecule has 0 saturated carbocycles. The van der Waals surface area contributed by atoms with Gasteiger partial charge in [0.2, 0.25) is 0 Å². The van der Waals surface area contributed by atoms with E-state index in [1.807, 2.05) is 31.2 Å². The van der Waals surface area contributed by atoms with Gasteiger partial charge in [-0.05, 0) is 49.6 Å². The Morgan fingerprint density at radius 1 is 1.14 bits per heavy atom. The molecule has 1 saturated heterocycles. The molecule has 0 bridgehead atoms. The third-order valence-electron chi connectivity index (χ3n) is 4.15. The number of hydrogen-bond acceptors (Lipinski definition) is 3. The summed E-state index contributed by atoms with van der Waals surface area (Å²) in [7, 11) is 0. The second-order valence-corrected chi connectivity index (χ2v) is 6.42. The van der Waals surface area contributed by atoms with E-state index in [4.69, 9.17) is 11.6 Å². The second kappa shape index (κ2) is 7.12. The van der Waals surface area contributed by atoms with Gasteiger partial charge >= 0.3 is 0 Å². The van der Waals surface area contributed by atoms with Crippen molar-refractivity contribution in [2.75, 3.05) is 18.4 Å². The molecule has 1 aromatic heterocycles. The van der Waals surface area contributed by atoms with Crippen LogP contribution < -0.4 is 5.32 Å². The highest BCUT2D eigenvalue weighted by molar-refractivity contribution is 6.30. The summed E-state index contributed by atoms with van der Waals surface area (Å²) in [5.41, 5.74) is 2.39. The summed E-state index contributed by atoms with van der Waals surface area (Å²) >= 11 is 5.93. The predicted molar refractivity (Wildman–Crippen MR) is 92.3 cm³/mol. The van der Waals surface area contributed by atoms with Crippen LogP contribution in [-0.4, -0.2) is 29.0 Å². The zero-order valence-corrected chi connectivity index (χ0v) is 13.7. The van der Waals surface area contributed by atoms with Crippen LogP contribution in [0, 0.1) is 6.92 Å². The van der Waals surface area contributed by atoms with Crippen molar-refractivity contribution in [2.24, 2.45) is 0 Å². The van der Waals surface area contributed by atoms with Crippen LogP contribution in [0.4, 0.5) is 5.82 Å². The largest absolute Gasteiger partial charge is 0.367 e. The lowest BCUT2D eigenvalue weighted by atomic mass is 10.0. The predicted octanol–water partition coefficient (Wildman–Crippen LogP) is 4.12. The lowest BCUT2D eigenvalue weighted by molar-refractivity contribution is 0.211. The molecule has 4 heteroatoms. The van der Waals surface area contributed by atoms with Crippen LogP contribution in [0.3, 0.4) is 0 Å². The van der Waals surface area contributed by atoms with E-state index in [1.54, 1.807) is 0 Å². The van der Waals surface area contributed by atoms with Gasteiger partial charge in [0.05, 0.1) is 0 Å². The molecule has 22 heavy (non-hydrogen) atoms. The highest BCUT2D eigenvalue weighted by Gasteiger charge is 2.19. The number of likely N-dealkylation sites (tertiary alicyclic amines) is 1. The summed E-state index contributed by atoms with van der Waals surface area (Å²) in [6.45, 7) is 5.27. The molecule has 2 aromatic rings. The molecule has 1 aromatic carbocycles. The Balaban J connectivity index is 1.49. The Morgan fingerprint density at radius 2 is 1.86 bits per heavy atom. The fourth-order valence-corrected chi connectivity index (χ4v) is 3.04. The molecule has 3 nitrogen and oxygen atoms in total. The number of aryl methyl sites for hydroxylation is 1. The number of nitrogens with one attached hydrogen (secondary N) is 1. The first-order valence-corrected chi connectivity index (χ1v) is 8.24. The molecule has 0 aliphatic carbocycles. The Labute approximate surface area is 137 Å². The van der Waals surface area contributed by atoms with Gasteiger partial charge in [0.25, 0.3) is 0 Å². The Hall–Kier alpha value is -1.58. The van der Waals surface area contributed by atoms with Crippen molar-refractivity contribution < 1.29 is 0 Å². The van der Waals surface area contributed by atoms with Crippen LogP contribution in [0.2, 0.25) is 5.02 Å². The number of anilines is 1. The third-order valence-corrected chi connectivity index (χ3v) is 4.40. The van der Waals surface area contributed by atoms with E-state index in [-0.39, 0.29) is 0 Å². The SMILES string of the molecule is Cc1cccc(NC2CCN(Cc3ccc(Cl)cc3)CC2)n1. The van der Waals surface area contributed by atoms with Crippen LogP contribution >= 0.6 is 11.6 Å². The first kappa shape index (κ1) is 15.3.